The van der Waals surface area contributed by atoms with Crippen LogP contribution in [0.3, 0.4) is 0 Å². The van der Waals surface area contributed by atoms with Gasteiger partial charge in [0.1, 0.15) is 17.1 Å². The van der Waals surface area contributed by atoms with E-state index in [1.165, 1.54) is 12.1 Å². The van der Waals surface area contributed by atoms with Gasteiger partial charge in [0.2, 0.25) is 11.5 Å². The van der Waals surface area contributed by atoms with E-state index in [1.54, 1.807) is 60.8 Å². The molecule has 1 amide bonds. The van der Waals surface area contributed by atoms with Gasteiger partial charge < -0.3 is 10.1 Å². The highest BCUT2D eigenvalue weighted by molar-refractivity contribution is 6.05. The monoisotopic (exact) mass is 426 g/mol. The molecule has 156 valence electrons. The third kappa shape index (κ3) is 3.99. The molecule has 0 aliphatic carbocycles. The highest BCUT2D eigenvalue weighted by Gasteiger charge is 2.15. The van der Waals surface area contributed by atoms with Crippen molar-refractivity contribution in [2.75, 3.05) is 5.32 Å². The van der Waals surface area contributed by atoms with Crippen LogP contribution in [0.15, 0.2) is 79.0 Å². The Morgan fingerprint density at radius 1 is 0.969 bits per heavy atom. The maximum absolute atomic E-state index is 14.4. The van der Waals surface area contributed by atoms with Crippen LogP contribution in [-0.4, -0.2) is 31.3 Å². The number of nitrogens with zero attached hydrogens (tertiary/aromatic N) is 4. The number of H-pyrrole nitrogens is 1. The lowest BCUT2D eigenvalue weighted by atomic mass is 10.1. The molecule has 0 atom stereocenters. The fraction of sp³-hybridized carbons (Fsp3) is 0. The summed E-state index contributed by atoms with van der Waals surface area (Å²) in [6.45, 7) is 0. The number of benzene rings is 2. The minimum absolute atomic E-state index is 0.0987. The van der Waals surface area contributed by atoms with Gasteiger partial charge in [-0.1, -0.05) is 6.07 Å². The highest BCUT2D eigenvalue weighted by atomic mass is 19.1. The molecule has 0 unspecified atom stereocenters. The van der Waals surface area contributed by atoms with Gasteiger partial charge in [-0.05, 0) is 60.7 Å². The number of aromatic nitrogens is 5. The van der Waals surface area contributed by atoms with Crippen molar-refractivity contribution in [3.05, 3.63) is 90.4 Å². The second-order valence-corrected chi connectivity index (χ2v) is 6.81. The van der Waals surface area contributed by atoms with E-state index in [1.807, 2.05) is 6.07 Å². The van der Waals surface area contributed by atoms with E-state index in [0.29, 0.717) is 39.7 Å². The Hall–Kier alpha value is -4.66. The van der Waals surface area contributed by atoms with Gasteiger partial charge in [-0.3, -0.25) is 4.79 Å². The van der Waals surface area contributed by atoms with Crippen LogP contribution in [0.5, 0.6) is 11.6 Å². The topological polar surface area (TPSA) is 106 Å². The summed E-state index contributed by atoms with van der Waals surface area (Å²) in [4.78, 5) is 21.2. The Morgan fingerprint density at radius 3 is 2.66 bits per heavy atom. The van der Waals surface area contributed by atoms with E-state index in [9.17, 15) is 9.18 Å². The SMILES string of the molecule is O=C(Nc1ccc(Oc2ccccn2)cc1)c1cc(-c2ccc3n[nH]nc3n2)ccc1F. The molecule has 32 heavy (non-hydrogen) atoms. The molecule has 2 aromatic carbocycles. The molecule has 5 aromatic rings. The highest BCUT2D eigenvalue weighted by Crippen LogP contribution is 2.24. The summed E-state index contributed by atoms with van der Waals surface area (Å²) >= 11 is 0. The average Bonchev–Trinajstić information content (AvgIpc) is 3.29. The molecule has 0 aliphatic heterocycles. The molecule has 0 fully saturated rings. The van der Waals surface area contributed by atoms with E-state index in [4.69, 9.17) is 4.74 Å². The molecule has 0 aliphatic rings. The summed E-state index contributed by atoms with van der Waals surface area (Å²) in [6, 6.07) is 19.8. The van der Waals surface area contributed by atoms with Crippen LogP contribution < -0.4 is 10.1 Å². The van der Waals surface area contributed by atoms with Gasteiger partial charge in [0.05, 0.1) is 11.3 Å². The van der Waals surface area contributed by atoms with Gasteiger partial charge in [0.25, 0.3) is 5.91 Å². The summed E-state index contributed by atoms with van der Waals surface area (Å²) in [7, 11) is 0. The van der Waals surface area contributed by atoms with Crippen molar-refractivity contribution in [2.45, 2.75) is 0 Å². The lowest BCUT2D eigenvalue weighted by Crippen LogP contribution is -2.14. The molecule has 5 rings (SSSR count). The first-order valence-corrected chi connectivity index (χ1v) is 9.63. The van der Waals surface area contributed by atoms with Crippen molar-refractivity contribution < 1.29 is 13.9 Å². The lowest BCUT2D eigenvalue weighted by Gasteiger charge is -2.09. The fourth-order valence-corrected chi connectivity index (χ4v) is 3.09. The minimum atomic E-state index is -0.635. The van der Waals surface area contributed by atoms with E-state index < -0.39 is 11.7 Å². The van der Waals surface area contributed by atoms with Crippen molar-refractivity contribution in [2.24, 2.45) is 0 Å². The summed E-state index contributed by atoms with van der Waals surface area (Å²) in [5, 5.41) is 13.1. The van der Waals surface area contributed by atoms with Gasteiger partial charge >= 0.3 is 0 Å². The Morgan fingerprint density at radius 2 is 1.84 bits per heavy atom. The number of carbonyl (C=O) groups excluding carboxylic acids is 1. The fourth-order valence-electron chi connectivity index (χ4n) is 3.09. The molecule has 0 bridgehead atoms. The number of anilines is 1. The molecular formula is C23H15FN6O2. The first-order chi connectivity index (χ1) is 15.7. The smallest absolute Gasteiger partial charge is 0.258 e. The number of fused-ring (bicyclic) bond motifs is 1. The second kappa shape index (κ2) is 8.23. The first kappa shape index (κ1) is 19.3. The number of rotatable bonds is 5. The molecule has 9 heteroatoms. The van der Waals surface area contributed by atoms with E-state index >= 15 is 0 Å². The number of aromatic amines is 1. The van der Waals surface area contributed by atoms with E-state index in [0.717, 1.165) is 0 Å². The summed E-state index contributed by atoms with van der Waals surface area (Å²) in [6.07, 6.45) is 1.63. The molecule has 3 heterocycles. The molecule has 3 aromatic heterocycles. The zero-order chi connectivity index (χ0) is 21.9. The maximum atomic E-state index is 14.4. The quantitative estimate of drug-likeness (QED) is 0.426. The van der Waals surface area contributed by atoms with Gasteiger partial charge in [0.15, 0.2) is 0 Å². The summed E-state index contributed by atoms with van der Waals surface area (Å²) in [5.41, 5.74) is 2.58. The molecule has 8 nitrogen and oxygen atoms in total. The molecular weight excluding hydrogens is 411 g/mol. The number of halogens is 1. The lowest BCUT2D eigenvalue weighted by molar-refractivity contribution is 0.102. The van der Waals surface area contributed by atoms with Crippen molar-refractivity contribution in [3.63, 3.8) is 0 Å². The number of carbonyl (C=O) groups is 1. The zero-order valence-corrected chi connectivity index (χ0v) is 16.5. The zero-order valence-electron chi connectivity index (χ0n) is 16.5. The normalized spacial score (nSPS) is 10.8. The summed E-state index contributed by atoms with van der Waals surface area (Å²) in [5.74, 6) is -0.195. The van der Waals surface area contributed by atoms with Crippen LogP contribution in [0.4, 0.5) is 10.1 Å². The van der Waals surface area contributed by atoms with Crippen molar-refractivity contribution in [1.82, 2.24) is 25.4 Å². The predicted molar refractivity (Wildman–Crippen MR) is 116 cm³/mol. The van der Waals surface area contributed by atoms with Crippen LogP contribution in [0, 0.1) is 5.82 Å². The molecule has 0 spiro atoms. The Balaban J connectivity index is 1.34. The van der Waals surface area contributed by atoms with Crippen LogP contribution in [0.25, 0.3) is 22.4 Å². The largest absolute Gasteiger partial charge is 0.439 e. The second-order valence-electron chi connectivity index (χ2n) is 6.81. The van der Waals surface area contributed by atoms with Crippen LogP contribution in [0.2, 0.25) is 0 Å². The first-order valence-electron chi connectivity index (χ1n) is 9.63. The van der Waals surface area contributed by atoms with Crippen LogP contribution in [-0.2, 0) is 0 Å². The third-order valence-corrected chi connectivity index (χ3v) is 4.66. The standard InChI is InChI=1S/C23H15FN6O2/c24-18-9-4-14(19-10-11-20-22(27-19)29-30-28-20)13-17(18)23(31)26-15-5-7-16(8-6-15)32-21-3-1-2-12-25-21/h1-13H,(H,26,31)(H,27,28,29,30). The number of hydrogen-bond donors (Lipinski definition) is 2. The Kier molecular flexibility index (Phi) is 4.97. The Bertz CT molecular complexity index is 1400. The maximum Gasteiger partial charge on any atom is 0.258 e. The van der Waals surface area contributed by atoms with Gasteiger partial charge in [-0.15, -0.1) is 5.10 Å². The Labute approximate surface area is 181 Å². The minimum Gasteiger partial charge on any atom is -0.439 e. The number of amides is 1. The van der Waals surface area contributed by atoms with E-state index in [-0.39, 0.29) is 5.56 Å². The number of hydrogen-bond acceptors (Lipinski definition) is 6. The molecule has 0 saturated carbocycles. The van der Waals surface area contributed by atoms with Crippen molar-refractivity contribution >= 4 is 22.8 Å². The molecule has 2 N–H and O–H groups in total. The van der Waals surface area contributed by atoms with Gasteiger partial charge in [-0.2, -0.15) is 10.3 Å². The number of ether oxygens (including phenoxy) is 1. The van der Waals surface area contributed by atoms with Crippen LogP contribution in [0.1, 0.15) is 10.4 Å². The molecule has 0 radical (unpaired) electrons. The van der Waals surface area contributed by atoms with Gasteiger partial charge in [0, 0.05) is 23.5 Å². The van der Waals surface area contributed by atoms with E-state index in [2.05, 4.69) is 30.7 Å². The predicted octanol–water partition coefficient (Wildman–Crippen LogP) is 4.60. The summed E-state index contributed by atoms with van der Waals surface area (Å²) < 4.78 is 20.0. The number of nitrogens with one attached hydrogen (secondary N) is 2. The van der Waals surface area contributed by atoms with Gasteiger partial charge in [-0.25, -0.2) is 14.4 Å². The van der Waals surface area contributed by atoms with Crippen LogP contribution >= 0.6 is 0 Å². The molecule has 0 saturated heterocycles. The van der Waals surface area contributed by atoms with Crippen molar-refractivity contribution in [3.8, 4) is 22.9 Å². The number of pyridine rings is 2. The third-order valence-electron chi connectivity index (χ3n) is 4.66. The van der Waals surface area contributed by atoms with Crippen molar-refractivity contribution in [1.29, 1.82) is 0 Å². The average molecular weight is 426 g/mol.